The normalized spacial score (nSPS) is 11.8. The third-order valence-corrected chi connectivity index (χ3v) is 3.15. The molecule has 96 valence electrons. The highest BCUT2D eigenvalue weighted by Crippen LogP contribution is 2.22. The van der Waals surface area contributed by atoms with Gasteiger partial charge in [0.15, 0.2) is 0 Å². The number of benzene rings is 1. The zero-order valence-electron chi connectivity index (χ0n) is 11.2. The Morgan fingerprint density at radius 2 is 1.71 bits per heavy atom. The van der Waals surface area contributed by atoms with Gasteiger partial charge < -0.3 is 5.32 Å². The van der Waals surface area contributed by atoms with Crippen molar-refractivity contribution in [1.29, 1.82) is 0 Å². The second kappa shape index (κ2) is 7.03. The molecule has 0 amide bonds. The van der Waals surface area contributed by atoms with Crippen molar-refractivity contribution in [1.82, 2.24) is 5.32 Å². The Kier molecular flexibility index (Phi) is 6.01. The summed E-state index contributed by atoms with van der Waals surface area (Å²) in [6.45, 7) is 8.73. The Balaban J connectivity index is 2.36. The molecular formula is C15H24ClN. The minimum atomic E-state index is 0.242. The quantitative estimate of drug-likeness (QED) is 0.595. The van der Waals surface area contributed by atoms with E-state index in [2.05, 4.69) is 50.4 Å². The van der Waals surface area contributed by atoms with Crippen molar-refractivity contribution >= 4 is 11.6 Å². The first-order valence-electron chi connectivity index (χ1n) is 6.40. The highest BCUT2D eigenvalue weighted by Gasteiger charge is 2.12. The summed E-state index contributed by atoms with van der Waals surface area (Å²) in [6, 6.07) is 8.90. The number of alkyl halides is 1. The van der Waals surface area contributed by atoms with Crippen molar-refractivity contribution in [2.75, 3.05) is 12.4 Å². The summed E-state index contributed by atoms with van der Waals surface area (Å²) in [7, 11) is 0. The van der Waals surface area contributed by atoms with Crippen LogP contribution in [0.3, 0.4) is 0 Å². The SMILES string of the molecule is CC(C)(C)c1ccc(CNCCCCCl)cc1. The molecule has 1 rings (SSSR count). The highest BCUT2D eigenvalue weighted by molar-refractivity contribution is 6.17. The first kappa shape index (κ1) is 14.5. The molecule has 1 N–H and O–H groups in total. The van der Waals surface area contributed by atoms with Crippen molar-refractivity contribution in [3.05, 3.63) is 35.4 Å². The van der Waals surface area contributed by atoms with Crippen molar-refractivity contribution < 1.29 is 0 Å². The minimum absolute atomic E-state index is 0.242. The molecule has 0 radical (unpaired) electrons. The lowest BCUT2D eigenvalue weighted by Gasteiger charge is -2.19. The Labute approximate surface area is 111 Å². The Morgan fingerprint density at radius 3 is 2.24 bits per heavy atom. The van der Waals surface area contributed by atoms with Crippen molar-refractivity contribution in [2.24, 2.45) is 0 Å². The van der Waals surface area contributed by atoms with E-state index in [-0.39, 0.29) is 5.41 Å². The molecule has 0 bridgehead atoms. The van der Waals surface area contributed by atoms with Gasteiger partial charge in [0.05, 0.1) is 0 Å². The number of rotatable bonds is 6. The number of halogens is 1. The average Bonchev–Trinajstić information content (AvgIpc) is 2.28. The van der Waals surface area contributed by atoms with Gasteiger partial charge in [-0.3, -0.25) is 0 Å². The number of hydrogen-bond donors (Lipinski definition) is 1. The summed E-state index contributed by atoms with van der Waals surface area (Å²) in [4.78, 5) is 0. The molecular weight excluding hydrogens is 230 g/mol. The number of hydrogen-bond acceptors (Lipinski definition) is 1. The van der Waals surface area contributed by atoms with Crippen LogP contribution in [0, 0.1) is 0 Å². The molecule has 0 aliphatic heterocycles. The van der Waals surface area contributed by atoms with E-state index in [1.807, 2.05) is 0 Å². The van der Waals surface area contributed by atoms with E-state index in [0.29, 0.717) is 0 Å². The van der Waals surface area contributed by atoms with E-state index in [4.69, 9.17) is 11.6 Å². The predicted octanol–water partition coefficient (Wildman–Crippen LogP) is 4.09. The van der Waals surface area contributed by atoms with Crippen LogP contribution in [0.15, 0.2) is 24.3 Å². The fourth-order valence-electron chi connectivity index (χ4n) is 1.70. The molecule has 1 nitrogen and oxygen atoms in total. The molecule has 0 heterocycles. The van der Waals surface area contributed by atoms with Gasteiger partial charge in [0, 0.05) is 12.4 Å². The molecule has 0 saturated heterocycles. The average molecular weight is 254 g/mol. The van der Waals surface area contributed by atoms with Crippen LogP contribution in [0.4, 0.5) is 0 Å². The van der Waals surface area contributed by atoms with Gasteiger partial charge in [-0.1, -0.05) is 45.0 Å². The van der Waals surface area contributed by atoms with Gasteiger partial charge in [-0.25, -0.2) is 0 Å². The molecule has 0 spiro atoms. The van der Waals surface area contributed by atoms with Gasteiger partial charge >= 0.3 is 0 Å². The molecule has 1 aromatic carbocycles. The van der Waals surface area contributed by atoms with E-state index in [0.717, 1.165) is 31.8 Å². The molecule has 17 heavy (non-hydrogen) atoms. The Hall–Kier alpha value is -0.530. The maximum atomic E-state index is 5.63. The summed E-state index contributed by atoms with van der Waals surface area (Å²) in [5.41, 5.74) is 2.99. The molecule has 0 unspecified atom stereocenters. The summed E-state index contributed by atoms with van der Waals surface area (Å²) < 4.78 is 0. The van der Waals surface area contributed by atoms with Gasteiger partial charge in [0.1, 0.15) is 0 Å². The Bertz CT molecular complexity index is 311. The van der Waals surface area contributed by atoms with Crippen molar-refractivity contribution in [3.8, 4) is 0 Å². The number of unbranched alkanes of at least 4 members (excludes halogenated alkanes) is 1. The summed E-state index contributed by atoms with van der Waals surface area (Å²) in [5, 5.41) is 3.44. The van der Waals surface area contributed by atoms with Gasteiger partial charge in [0.2, 0.25) is 0 Å². The van der Waals surface area contributed by atoms with E-state index in [1.54, 1.807) is 0 Å². The lowest BCUT2D eigenvalue weighted by molar-refractivity contribution is 0.589. The molecule has 0 aromatic heterocycles. The van der Waals surface area contributed by atoms with E-state index >= 15 is 0 Å². The lowest BCUT2D eigenvalue weighted by Crippen LogP contribution is -2.15. The molecule has 0 saturated carbocycles. The van der Waals surface area contributed by atoms with Gasteiger partial charge in [-0.15, -0.1) is 11.6 Å². The monoisotopic (exact) mass is 253 g/mol. The van der Waals surface area contributed by atoms with Crippen LogP contribution >= 0.6 is 11.6 Å². The third-order valence-electron chi connectivity index (χ3n) is 2.89. The van der Waals surface area contributed by atoms with Gasteiger partial charge in [-0.2, -0.15) is 0 Å². The number of nitrogens with one attached hydrogen (secondary N) is 1. The van der Waals surface area contributed by atoms with Crippen molar-refractivity contribution in [3.63, 3.8) is 0 Å². The summed E-state index contributed by atoms with van der Waals surface area (Å²) in [5.74, 6) is 0.766. The molecule has 2 heteroatoms. The summed E-state index contributed by atoms with van der Waals surface area (Å²) in [6.07, 6.45) is 2.25. The van der Waals surface area contributed by atoms with Crippen LogP contribution < -0.4 is 5.32 Å². The van der Waals surface area contributed by atoms with Crippen LogP contribution in [0.25, 0.3) is 0 Å². The largest absolute Gasteiger partial charge is 0.313 e. The first-order valence-corrected chi connectivity index (χ1v) is 6.93. The lowest BCUT2D eigenvalue weighted by atomic mass is 9.87. The second-order valence-corrected chi connectivity index (χ2v) is 5.90. The fraction of sp³-hybridized carbons (Fsp3) is 0.600. The first-order chi connectivity index (χ1) is 8.04. The van der Waals surface area contributed by atoms with E-state index < -0.39 is 0 Å². The maximum absolute atomic E-state index is 5.63. The molecule has 0 fully saturated rings. The van der Waals surface area contributed by atoms with E-state index in [9.17, 15) is 0 Å². The fourth-order valence-corrected chi connectivity index (χ4v) is 1.89. The third kappa shape index (κ3) is 5.56. The van der Waals surface area contributed by atoms with Crippen LogP contribution in [-0.4, -0.2) is 12.4 Å². The van der Waals surface area contributed by atoms with E-state index in [1.165, 1.54) is 11.1 Å². The van der Waals surface area contributed by atoms with Crippen LogP contribution in [0.5, 0.6) is 0 Å². The standard InChI is InChI=1S/C15H24ClN/c1-15(2,3)14-8-6-13(7-9-14)12-17-11-5-4-10-16/h6-9,17H,4-5,10-12H2,1-3H3. The zero-order chi connectivity index (χ0) is 12.7. The predicted molar refractivity (Wildman–Crippen MR) is 76.8 cm³/mol. The molecule has 0 aliphatic carbocycles. The molecule has 0 aliphatic rings. The van der Waals surface area contributed by atoms with Crippen LogP contribution in [0.1, 0.15) is 44.7 Å². The summed E-state index contributed by atoms with van der Waals surface area (Å²) >= 11 is 5.63. The topological polar surface area (TPSA) is 12.0 Å². The second-order valence-electron chi connectivity index (χ2n) is 5.52. The van der Waals surface area contributed by atoms with Gasteiger partial charge in [-0.05, 0) is 35.9 Å². The Morgan fingerprint density at radius 1 is 1.06 bits per heavy atom. The highest BCUT2D eigenvalue weighted by atomic mass is 35.5. The van der Waals surface area contributed by atoms with Crippen LogP contribution in [-0.2, 0) is 12.0 Å². The van der Waals surface area contributed by atoms with Gasteiger partial charge in [0.25, 0.3) is 0 Å². The molecule has 0 atom stereocenters. The zero-order valence-corrected chi connectivity index (χ0v) is 12.0. The van der Waals surface area contributed by atoms with Crippen LogP contribution in [0.2, 0.25) is 0 Å². The molecule has 1 aromatic rings. The smallest absolute Gasteiger partial charge is 0.0223 e. The maximum Gasteiger partial charge on any atom is 0.0223 e. The van der Waals surface area contributed by atoms with Crippen molar-refractivity contribution in [2.45, 2.75) is 45.6 Å². The minimum Gasteiger partial charge on any atom is -0.313 e.